The molecule has 0 aromatic heterocycles. The van der Waals surface area contributed by atoms with Crippen LogP contribution in [0.25, 0.3) is 0 Å². The normalized spacial score (nSPS) is 10.6. The first kappa shape index (κ1) is 21.2. The lowest BCUT2D eigenvalue weighted by Crippen LogP contribution is -2.14. The zero-order valence-corrected chi connectivity index (χ0v) is 14.7. The van der Waals surface area contributed by atoms with Gasteiger partial charge in [-0.25, -0.2) is 0 Å². The van der Waals surface area contributed by atoms with Crippen molar-refractivity contribution in [1.29, 1.82) is 0 Å². The number of nitrogen functional groups attached to an aromatic ring is 1. The lowest BCUT2D eigenvalue weighted by molar-refractivity contribution is -0.00831. The maximum absolute atomic E-state index is 5.77. The SMILES string of the molecule is C=COCCOCCOCCOCCOCCOc1ccccc1N. The number of anilines is 1. The molecule has 1 aromatic rings. The summed E-state index contributed by atoms with van der Waals surface area (Å²) in [6, 6.07) is 7.38. The second kappa shape index (κ2) is 15.7. The second-order valence-corrected chi connectivity index (χ2v) is 4.87. The highest BCUT2D eigenvalue weighted by atomic mass is 16.6. The summed E-state index contributed by atoms with van der Waals surface area (Å²) in [6.45, 7) is 8.59. The Bertz CT molecular complexity index is 443. The van der Waals surface area contributed by atoms with Gasteiger partial charge in [0.25, 0.3) is 0 Å². The topological polar surface area (TPSA) is 81.4 Å². The van der Waals surface area contributed by atoms with Gasteiger partial charge in [-0.05, 0) is 12.1 Å². The summed E-state index contributed by atoms with van der Waals surface area (Å²) >= 11 is 0. The third kappa shape index (κ3) is 12.2. The fourth-order valence-corrected chi connectivity index (χ4v) is 1.77. The maximum Gasteiger partial charge on any atom is 0.142 e. The molecule has 0 saturated heterocycles. The fraction of sp³-hybridized carbons (Fsp3) is 0.556. The first-order valence-corrected chi connectivity index (χ1v) is 8.35. The highest BCUT2D eigenvalue weighted by molar-refractivity contribution is 5.51. The first-order valence-electron chi connectivity index (χ1n) is 8.35. The van der Waals surface area contributed by atoms with Crippen LogP contribution < -0.4 is 10.5 Å². The predicted octanol–water partition coefficient (Wildman–Crippen LogP) is 1.87. The molecule has 7 heteroatoms. The van der Waals surface area contributed by atoms with Crippen LogP contribution >= 0.6 is 0 Å². The van der Waals surface area contributed by atoms with E-state index in [1.54, 1.807) is 6.07 Å². The molecular formula is C18H29NO6. The van der Waals surface area contributed by atoms with E-state index in [0.717, 1.165) is 0 Å². The monoisotopic (exact) mass is 355 g/mol. The van der Waals surface area contributed by atoms with Crippen LogP contribution in [-0.4, -0.2) is 66.1 Å². The smallest absolute Gasteiger partial charge is 0.142 e. The average Bonchev–Trinajstić information content (AvgIpc) is 2.63. The van der Waals surface area contributed by atoms with Crippen molar-refractivity contribution in [2.75, 3.05) is 71.8 Å². The molecule has 0 spiro atoms. The van der Waals surface area contributed by atoms with Crippen molar-refractivity contribution < 1.29 is 28.4 Å². The van der Waals surface area contributed by atoms with Crippen LogP contribution in [0.3, 0.4) is 0 Å². The Morgan fingerprint density at radius 1 is 0.720 bits per heavy atom. The van der Waals surface area contributed by atoms with Crippen LogP contribution in [0, 0.1) is 0 Å². The largest absolute Gasteiger partial charge is 0.499 e. The number of rotatable bonds is 17. The molecular weight excluding hydrogens is 326 g/mol. The van der Waals surface area contributed by atoms with Crippen molar-refractivity contribution in [2.45, 2.75) is 0 Å². The molecule has 0 unspecified atom stereocenters. The zero-order valence-electron chi connectivity index (χ0n) is 14.7. The molecule has 0 fully saturated rings. The molecule has 0 radical (unpaired) electrons. The number of benzene rings is 1. The van der Waals surface area contributed by atoms with E-state index < -0.39 is 0 Å². The van der Waals surface area contributed by atoms with Crippen molar-refractivity contribution >= 4 is 5.69 Å². The quantitative estimate of drug-likeness (QED) is 0.259. The van der Waals surface area contributed by atoms with E-state index in [0.29, 0.717) is 77.5 Å². The van der Waals surface area contributed by atoms with Crippen molar-refractivity contribution in [3.05, 3.63) is 37.1 Å². The van der Waals surface area contributed by atoms with Gasteiger partial charge in [0.05, 0.1) is 64.8 Å². The highest BCUT2D eigenvalue weighted by Crippen LogP contribution is 2.19. The minimum atomic E-state index is 0.454. The number of ether oxygens (including phenoxy) is 6. The van der Waals surface area contributed by atoms with Gasteiger partial charge in [0, 0.05) is 0 Å². The van der Waals surface area contributed by atoms with Crippen LogP contribution in [0.1, 0.15) is 0 Å². The van der Waals surface area contributed by atoms with Crippen molar-refractivity contribution in [1.82, 2.24) is 0 Å². The molecule has 0 heterocycles. The number of hydrogen-bond donors (Lipinski definition) is 1. The van der Waals surface area contributed by atoms with Gasteiger partial charge in [-0.1, -0.05) is 18.7 Å². The van der Waals surface area contributed by atoms with Gasteiger partial charge in [0.1, 0.15) is 19.0 Å². The summed E-state index contributed by atoms with van der Waals surface area (Å²) < 4.78 is 31.9. The zero-order chi connectivity index (χ0) is 18.0. The maximum atomic E-state index is 5.77. The Kier molecular flexibility index (Phi) is 13.4. The van der Waals surface area contributed by atoms with E-state index in [-0.39, 0.29) is 0 Å². The molecule has 1 aromatic carbocycles. The Labute approximate surface area is 149 Å². The molecule has 0 atom stereocenters. The molecule has 0 saturated carbocycles. The summed E-state index contributed by atoms with van der Waals surface area (Å²) in [7, 11) is 0. The third-order valence-corrected chi connectivity index (χ3v) is 2.98. The van der Waals surface area contributed by atoms with Crippen LogP contribution in [0.15, 0.2) is 37.1 Å². The second-order valence-electron chi connectivity index (χ2n) is 4.87. The minimum Gasteiger partial charge on any atom is -0.499 e. The van der Waals surface area contributed by atoms with Crippen molar-refractivity contribution in [2.24, 2.45) is 0 Å². The van der Waals surface area contributed by atoms with E-state index in [4.69, 9.17) is 34.2 Å². The average molecular weight is 355 g/mol. The molecule has 0 aliphatic heterocycles. The molecule has 0 amide bonds. The van der Waals surface area contributed by atoms with E-state index in [1.165, 1.54) is 6.26 Å². The number of nitrogens with two attached hydrogens (primary N) is 1. The third-order valence-electron chi connectivity index (χ3n) is 2.98. The Morgan fingerprint density at radius 3 is 1.72 bits per heavy atom. The molecule has 0 aliphatic carbocycles. The lowest BCUT2D eigenvalue weighted by atomic mass is 10.3. The molecule has 25 heavy (non-hydrogen) atoms. The summed E-state index contributed by atoms with van der Waals surface area (Å²) in [5.41, 5.74) is 6.40. The van der Waals surface area contributed by atoms with E-state index >= 15 is 0 Å². The molecule has 7 nitrogen and oxygen atoms in total. The molecule has 1 rings (SSSR count). The van der Waals surface area contributed by atoms with Gasteiger partial charge in [-0.2, -0.15) is 0 Å². The molecule has 2 N–H and O–H groups in total. The van der Waals surface area contributed by atoms with Crippen molar-refractivity contribution in [3.63, 3.8) is 0 Å². The summed E-state index contributed by atoms with van der Waals surface area (Å²) in [5, 5.41) is 0. The van der Waals surface area contributed by atoms with Gasteiger partial charge in [-0.15, -0.1) is 0 Å². The first-order chi connectivity index (χ1) is 12.3. The summed E-state index contributed by atoms with van der Waals surface area (Å²) in [4.78, 5) is 0. The van der Waals surface area contributed by atoms with E-state index in [2.05, 4.69) is 6.58 Å². The minimum absolute atomic E-state index is 0.454. The highest BCUT2D eigenvalue weighted by Gasteiger charge is 1.98. The van der Waals surface area contributed by atoms with Gasteiger partial charge >= 0.3 is 0 Å². The van der Waals surface area contributed by atoms with Gasteiger partial charge < -0.3 is 34.2 Å². The van der Waals surface area contributed by atoms with Crippen LogP contribution in [-0.2, 0) is 23.7 Å². The van der Waals surface area contributed by atoms with Crippen LogP contribution in [0.4, 0.5) is 5.69 Å². The number of para-hydroxylation sites is 2. The number of hydrogen-bond acceptors (Lipinski definition) is 7. The molecule has 142 valence electrons. The molecule has 0 bridgehead atoms. The Morgan fingerprint density at radius 2 is 1.20 bits per heavy atom. The molecule has 0 aliphatic rings. The summed E-state index contributed by atoms with van der Waals surface area (Å²) in [6.07, 6.45) is 1.40. The standard InChI is InChI=1S/C18H29NO6/c1-2-20-7-8-21-9-10-22-11-12-23-13-14-24-15-16-25-18-6-4-3-5-17(18)19/h2-6H,1,7-16,19H2. The van der Waals surface area contributed by atoms with E-state index in [9.17, 15) is 0 Å². The van der Waals surface area contributed by atoms with Crippen LogP contribution in [0.5, 0.6) is 5.75 Å². The lowest BCUT2D eigenvalue weighted by Gasteiger charge is -2.09. The summed E-state index contributed by atoms with van der Waals surface area (Å²) in [5.74, 6) is 0.678. The van der Waals surface area contributed by atoms with Crippen LogP contribution in [0.2, 0.25) is 0 Å². The van der Waals surface area contributed by atoms with Crippen molar-refractivity contribution in [3.8, 4) is 5.75 Å². The van der Waals surface area contributed by atoms with E-state index in [1.807, 2.05) is 18.2 Å². The van der Waals surface area contributed by atoms with Gasteiger partial charge in [0.15, 0.2) is 0 Å². The Balaban J connectivity index is 1.76. The Hall–Kier alpha value is -1.80. The van der Waals surface area contributed by atoms with Gasteiger partial charge in [0.2, 0.25) is 0 Å². The van der Waals surface area contributed by atoms with Gasteiger partial charge in [-0.3, -0.25) is 0 Å². The predicted molar refractivity (Wildman–Crippen MR) is 95.8 cm³/mol. The fourth-order valence-electron chi connectivity index (χ4n) is 1.77.